The van der Waals surface area contributed by atoms with E-state index in [1.807, 2.05) is 6.92 Å². The van der Waals surface area contributed by atoms with Crippen LogP contribution in [0.1, 0.15) is 19.8 Å². The molecule has 1 fully saturated rings. The zero-order valence-corrected chi connectivity index (χ0v) is 9.39. The molecule has 0 radical (unpaired) electrons. The largest absolute Gasteiger partial charge is 0.451 e. The maximum absolute atomic E-state index is 10.7. The van der Waals surface area contributed by atoms with Gasteiger partial charge < -0.3 is 19.7 Å². The van der Waals surface area contributed by atoms with Crippen LogP contribution in [0.3, 0.4) is 0 Å². The minimum Gasteiger partial charge on any atom is -0.451 e. The lowest BCUT2D eigenvalue weighted by Crippen LogP contribution is -2.50. The fourth-order valence-corrected chi connectivity index (χ4v) is 1.86. The van der Waals surface area contributed by atoms with Gasteiger partial charge in [0.25, 0.3) is 0 Å². The molecule has 1 heterocycles. The molecule has 15 heavy (non-hydrogen) atoms. The first-order valence-electron chi connectivity index (χ1n) is 4.92. The number of aliphatic hydroxyl groups is 2. The Bertz CT molecular complexity index is 223. The molecule has 88 valence electrons. The van der Waals surface area contributed by atoms with Gasteiger partial charge in [-0.2, -0.15) is 0 Å². The van der Waals surface area contributed by atoms with E-state index >= 15 is 0 Å². The van der Waals surface area contributed by atoms with E-state index in [9.17, 15) is 9.90 Å². The molecular formula is C9H16O5S. The first kappa shape index (κ1) is 12.8. The quantitative estimate of drug-likeness (QED) is 0.487. The van der Waals surface area contributed by atoms with Gasteiger partial charge in [0, 0.05) is 6.42 Å². The normalized spacial score (nSPS) is 36.3. The van der Waals surface area contributed by atoms with Gasteiger partial charge in [-0.05, 0) is 6.42 Å². The first-order chi connectivity index (χ1) is 7.08. The average Bonchev–Trinajstić information content (AvgIpc) is 2.20. The number of ether oxygens (including phenoxy) is 2. The monoisotopic (exact) mass is 236 g/mol. The number of carbonyl (C=O) groups excluding carboxylic acids is 1. The lowest BCUT2D eigenvalue weighted by atomic mass is 9.96. The Morgan fingerprint density at radius 1 is 1.67 bits per heavy atom. The SMILES string of the molecule is CCC1O[C@H](CO)C[C@H](OC(=O)S)[C@@H]1O. The van der Waals surface area contributed by atoms with E-state index in [4.69, 9.17) is 14.6 Å². The Hall–Kier alpha value is -0.300. The van der Waals surface area contributed by atoms with Gasteiger partial charge in [-0.3, -0.25) is 0 Å². The summed E-state index contributed by atoms with van der Waals surface area (Å²) in [6, 6.07) is 0. The van der Waals surface area contributed by atoms with E-state index < -0.39 is 29.7 Å². The lowest BCUT2D eigenvalue weighted by Gasteiger charge is -2.37. The van der Waals surface area contributed by atoms with Crippen LogP contribution in [0.25, 0.3) is 0 Å². The fourth-order valence-electron chi connectivity index (χ4n) is 1.72. The molecule has 0 aromatic rings. The van der Waals surface area contributed by atoms with Crippen LogP contribution >= 0.6 is 12.6 Å². The molecule has 5 nitrogen and oxygen atoms in total. The van der Waals surface area contributed by atoms with Crippen molar-refractivity contribution >= 4 is 17.9 Å². The van der Waals surface area contributed by atoms with Crippen LogP contribution < -0.4 is 0 Å². The van der Waals surface area contributed by atoms with Gasteiger partial charge in [0.15, 0.2) is 0 Å². The van der Waals surface area contributed by atoms with Crippen LogP contribution in [-0.2, 0) is 9.47 Å². The molecule has 0 aromatic heterocycles. The second-order valence-corrected chi connectivity index (χ2v) is 3.90. The van der Waals surface area contributed by atoms with Gasteiger partial charge in [-0.25, -0.2) is 4.79 Å². The molecule has 6 heteroatoms. The van der Waals surface area contributed by atoms with Crippen molar-refractivity contribution in [2.24, 2.45) is 0 Å². The molecule has 1 rings (SSSR count). The second-order valence-electron chi connectivity index (χ2n) is 3.54. The molecule has 1 aliphatic heterocycles. The topological polar surface area (TPSA) is 76.0 Å². The van der Waals surface area contributed by atoms with Gasteiger partial charge in [-0.1, -0.05) is 19.6 Å². The summed E-state index contributed by atoms with van der Waals surface area (Å²) >= 11 is 3.49. The maximum atomic E-state index is 10.7. The Kier molecular flexibility index (Phi) is 4.85. The Morgan fingerprint density at radius 3 is 2.80 bits per heavy atom. The van der Waals surface area contributed by atoms with Crippen LogP contribution in [0.5, 0.6) is 0 Å². The second kappa shape index (κ2) is 5.69. The average molecular weight is 236 g/mol. The van der Waals surface area contributed by atoms with Crippen molar-refractivity contribution in [3.63, 3.8) is 0 Å². The van der Waals surface area contributed by atoms with Crippen molar-refractivity contribution in [1.29, 1.82) is 0 Å². The summed E-state index contributed by atoms with van der Waals surface area (Å²) in [4.78, 5) is 10.7. The number of hydrogen-bond donors (Lipinski definition) is 3. The van der Waals surface area contributed by atoms with Crippen molar-refractivity contribution in [2.45, 2.75) is 44.2 Å². The van der Waals surface area contributed by atoms with Crippen molar-refractivity contribution in [2.75, 3.05) is 6.61 Å². The zero-order valence-electron chi connectivity index (χ0n) is 8.50. The summed E-state index contributed by atoms with van der Waals surface area (Å²) < 4.78 is 10.2. The summed E-state index contributed by atoms with van der Waals surface area (Å²) in [5.41, 5.74) is 0. The molecule has 1 aliphatic rings. The minimum atomic E-state index is -0.853. The van der Waals surface area contributed by atoms with Gasteiger partial charge in [0.05, 0.1) is 18.8 Å². The molecule has 4 atom stereocenters. The smallest absolute Gasteiger partial charge is 0.364 e. The molecule has 1 unspecified atom stereocenters. The molecule has 1 saturated heterocycles. The first-order valence-corrected chi connectivity index (χ1v) is 5.37. The van der Waals surface area contributed by atoms with Crippen LogP contribution in [0.2, 0.25) is 0 Å². The highest BCUT2D eigenvalue weighted by molar-refractivity contribution is 7.96. The van der Waals surface area contributed by atoms with Crippen LogP contribution in [0, 0.1) is 0 Å². The Morgan fingerprint density at radius 2 is 2.33 bits per heavy atom. The van der Waals surface area contributed by atoms with Crippen LogP contribution in [-0.4, -0.2) is 46.5 Å². The highest BCUT2D eigenvalue weighted by atomic mass is 32.1. The van der Waals surface area contributed by atoms with E-state index in [1.54, 1.807) is 0 Å². The van der Waals surface area contributed by atoms with Gasteiger partial charge in [-0.15, -0.1) is 0 Å². The molecule has 0 aromatic carbocycles. The summed E-state index contributed by atoms with van der Waals surface area (Å²) in [6.07, 6.45) is -1.41. The molecule has 0 aliphatic carbocycles. The van der Waals surface area contributed by atoms with Gasteiger partial charge in [0.1, 0.15) is 12.2 Å². The minimum absolute atomic E-state index is 0.149. The Balaban J connectivity index is 2.63. The zero-order chi connectivity index (χ0) is 11.4. The van der Waals surface area contributed by atoms with Crippen molar-refractivity contribution in [3.8, 4) is 0 Å². The summed E-state index contributed by atoms with van der Waals surface area (Å²) in [7, 11) is 0. The number of thiol groups is 1. The molecule has 2 N–H and O–H groups in total. The van der Waals surface area contributed by atoms with Gasteiger partial charge in [0.2, 0.25) is 0 Å². The number of hydrogen-bond acceptors (Lipinski definition) is 5. The van der Waals surface area contributed by atoms with E-state index in [0.29, 0.717) is 12.8 Å². The third kappa shape index (κ3) is 3.34. The number of aliphatic hydroxyl groups excluding tert-OH is 2. The van der Waals surface area contributed by atoms with Crippen molar-refractivity contribution < 1.29 is 24.5 Å². The van der Waals surface area contributed by atoms with Gasteiger partial charge >= 0.3 is 5.30 Å². The standard InChI is InChI=1S/C9H16O5S/c1-2-6-8(11)7(14-9(12)15)3-5(4-10)13-6/h5-8,10-11H,2-4H2,1H3,(H,12,15)/t5-,6?,7-,8+/m0/s1. The van der Waals surface area contributed by atoms with Crippen LogP contribution in [0.15, 0.2) is 0 Å². The van der Waals surface area contributed by atoms with E-state index in [0.717, 1.165) is 0 Å². The van der Waals surface area contributed by atoms with E-state index in [-0.39, 0.29) is 6.61 Å². The summed E-state index contributed by atoms with van der Waals surface area (Å²) in [6.45, 7) is 1.71. The maximum Gasteiger partial charge on any atom is 0.364 e. The number of rotatable bonds is 3. The Labute approximate surface area is 93.8 Å². The third-order valence-electron chi connectivity index (χ3n) is 2.48. The van der Waals surface area contributed by atoms with E-state index in [2.05, 4.69) is 12.6 Å². The van der Waals surface area contributed by atoms with Crippen molar-refractivity contribution in [3.05, 3.63) is 0 Å². The van der Waals surface area contributed by atoms with Crippen molar-refractivity contribution in [1.82, 2.24) is 0 Å². The number of carbonyl (C=O) groups is 1. The highest BCUT2D eigenvalue weighted by Gasteiger charge is 2.38. The fraction of sp³-hybridized carbons (Fsp3) is 0.889. The van der Waals surface area contributed by atoms with Crippen LogP contribution in [0.4, 0.5) is 4.79 Å². The molecule has 0 saturated carbocycles. The molecule has 0 amide bonds. The predicted octanol–water partition coefficient (Wildman–Crippen LogP) is 0.342. The molecule has 0 spiro atoms. The summed E-state index contributed by atoms with van der Waals surface area (Å²) in [5, 5.41) is 18.0. The third-order valence-corrected chi connectivity index (χ3v) is 2.59. The predicted molar refractivity (Wildman–Crippen MR) is 55.9 cm³/mol. The highest BCUT2D eigenvalue weighted by Crippen LogP contribution is 2.24. The lowest BCUT2D eigenvalue weighted by molar-refractivity contribution is -0.175. The molecule has 0 bridgehead atoms. The molecular weight excluding hydrogens is 220 g/mol. The van der Waals surface area contributed by atoms with E-state index in [1.165, 1.54) is 0 Å². The summed E-state index contributed by atoms with van der Waals surface area (Å²) in [5.74, 6) is 0.